The van der Waals surface area contributed by atoms with Crippen molar-refractivity contribution >= 4 is 0 Å². The summed E-state index contributed by atoms with van der Waals surface area (Å²) in [5, 5.41) is 3.48. The van der Waals surface area contributed by atoms with Crippen molar-refractivity contribution < 1.29 is 0 Å². The van der Waals surface area contributed by atoms with Gasteiger partial charge in [-0.3, -0.25) is 4.90 Å². The van der Waals surface area contributed by atoms with E-state index in [0.29, 0.717) is 0 Å². The summed E-state index contributed by atoms with van der Waals surface area (Å²) >= 11 is 0. The van der Waals surface area contributed by atoms with Crippen LogP contribution in [0.1, 0.15) is 48.8 Å². The lowest BCUT2D eigenvalue weighted by atomic mass is 9.98. The van der Waals surface area contributed by atoms with Crippen LogP contribution in [0.4, 0.5) is 0 Å². The first-order chi connectivity index (χ1) is 9.42. The molecule has 2 aliphatic heterocycles. The predicted octanol–water partition coefficient (Wildman–Crippen LogP) is 3.10. The molecule has 1 saturated heterocycles. The van der Waals surface area contributed by atoms with Gasteiger partial charge in [-0.2, -0.15) is 0 Å². The van der Waals surface area contributed by atoms with Gasteiger partial charge in [-0.05, 0) is 55.6 Å². The highest BCUT2D eigenvalue weighted by molar-refractivity contribution is 5.33. The van der Waals surface area contributed by atoms with Gasteiger partial charge in [0.25, 0.3) is 0 Å². The minimum atomic E-state index is 1.06. The summed E-state index contributed by atoms with van der Waals surface area (Å²) in [5.74, 6) is 0. The third-order valence-electron chi connectivity index (χ3n) is 4.51. The monoisotopic (exact) mass is 258 g/mol. The van der Waals surface area contributed by atoms with E-state index >= 15 is 0 Å². The lowest BCUT2D eigenvalue weighted by molar-refractivity contribution is 0.239. The Morgan fingerprint density at radius 3 is 2.58 bits per heavy atom. The first kappa shape index (κ1) is 13.1. The smallest absolute Gasteiger partial charge is 0.0233 e. The standard InChI is InChI=1S/C17H26N2/c1-2-4-10-19(11-5-3-1)14-15-6-7-16-8-9-18-13-17(16)12-15/h6-7,12,18H,1-5,8-11,13-14H2. The van der Waals surface area contributed by atoms with Gasteiger partial charge in [0.1, 0.15) is 0 Å². The van der Waals surface area contributed by atoms with Gasteiger partial charge in [-0.1, -0.05) is 37.5 Å². The van der Waals surface area contributed by atoms with Gasteiger partial charge in [0.2, 0.25) is 0 Å². The Hall–Kier alpha value is -0.860. The Morgan fingerprint density at radius 2 is 1.74 bits per heavy atom. The first-order valence-electron chi connectivity index (χ1n) is 7.95. The molecule has 0 bridgehead atoms. The van der Waals surface area contributed by atoms with E-state index in [-0.39, 0.29) is 0 Å². The number of benzene rings is 1. The zero-order valence-corrected chi connectivity index (χ0v) is 12.0. The fraction of sp³-hybridized carbons (Fsp3) is 0.647. The Balaban J connectivity index is 1.64. The van der Waals surface area contributed by atoms with Crippen LogP contribution in [0.15, 0.2) is 18.2 Å². The van der Waals surface area contributed by atoms with E-state index in [1.54, 1.807) is 5.56 Å². The van der Waals surface area contributed by atoms with E-state index in [1.807, 2.05) is 0 Å². The summed E-state index contributed by atoms with van der Waals surface area (Å²) < 4.78 is 0. The SMILES string of the molecule is c1cc2c(cc1CN1CCCCCCC1)CNCC2. The highest BCUT2D eigenvalue weighted by Crippen LogP contribution is 2.18. The van der Waals surface area contributed by atoms with Gasteiger partial charge >= 0.3 is 0 Å². The third kappa shape index (κ3) is 3.58. The molecule has 1 N–H and O–H groups in total. The number of rotatable bonds is 2. The van der Waals surface area contributed by atoms with Crippen LogP contribution in [0.5, 0.6) is 0 Å². The van der Waals surface area contributed by atoms with Crippen LogP contribution in [0.25, 0.3) is 0 Å². The average molecular weight is 258 g/mol. The van der Waals surface area contributed by atoms with Crippen molar-refractivity contribution in [1.82, 2.24) is 10.2 Å². The molecule has 2 aliphatic rings. The van der Waals surface area contributed by atoms with Gasteiger partial charge < -0.3 is 5.32 Å². The highest BCUT2D eigenvalue weighted by atomic mass is 15.1. The number of nitrogens with one attached hydrogen (secondary N) is 1. The molecule has 0 radical (unpaired) electrons. The maximum atomic E-state index is 3.48. The zero-order valence-electron chi connectivity index (χ0n) is 12.0. The van der Waals surface area contributed by atoms with Crippen LogP contribution in [0, 0.1) is 0 Å². The Labute approximate surface area is 117 Å². The molecule has 0 saturated carbocycles. The molecule has 1 aromatic carbocycles. The topological polar surface area (TPSA) is 15.3 Å². The summed E-state index contributed by atoms with van der Waals surface area (Å²) in [7, 11) is 0. The number of likely N-dealkylation sites (tertiary alicyclic amines) is 1. The van der Waals surface area contributed by atoms with Crippen molar-refractivity contribution in [1.29, 1.82) is 0 Å². The second-order valence-electron chi connectivity index (χ2n) is 6.07. The van der Waals surface area contributed by atoms with Gasteiger partial charge in [-0.25, -0.2) is 0 Å². The molecular weight excluding hydrogens is 232 g/mol. The molecule has 0 aromatic heterocycles. The van der Waals surface area contributed by atoms with Crippen molar-refractivity contribution in [3.63, 3.8) is 0 Å². The number of nitrogens with zero attached hydrogens (tertiary/aromatic N) is 1. The molecule has 0 amide bonds. The third-order valence-corrected chi connectivity index (χ3v) is 4.51. The van der Waals surface area contributed by atoms with Crippen LogP contribution in [-0.2, 0) is 19.5 Å². The largest absolute Gasteiger partial charge is 0.312 e. The van der Waals surface area contributed by atoms with Crippen molar-refractivity contribution in [2.24, 2.45) is 0 Å². The first-order valence-corrected chi connectivity index (χ1v) is 7.95. The summed E-state index contributed by atoms with van der Waals surface area (Å²) in [4.78, 5) is 2.65. The maximum Gasteiger partial charge on any atom is 0.0233 e. The number of hydrogen-bond donors (Lipinski definition) is 1. The van der Waals surface area contributed by atoms with Crippen LogP contribution in [0.2, 0.25) is 0 Å². The van der Waals surface area contributed by atoms with E-state index in [1.165, 1.54) is 62.7 Å². The normalized spacial score (nSPS) is 21.5. The van der Waals surface area contributed by atoms with E-state index in [4.69, 9.17) is 0 Å². The van der Waals surface area contributed by atoms with Crippen molar-refractivity contribution in [2.45, 2.75) is 51.6 Å². The summed E-state index contributed by atoms with van der Waals surface area (Å²) in [5.41, 5.74) is 4.58. The van der Waals surface area contributed by atoms with Gasteiger partial charge in [0.05, 0.1) is 0 Å². The van der Waals surface area contributed by atoms with Crippen molar-refractivity contribution in [2.75, 3.05) is 19.6 Å². The Morgan fingerprint density at radius 1 is 0.947 bits per heavy atom. The van der Waals surface area contributed by atoms with Crippen molar-refractivity contribution in [3.8, 4) is 0 Å². The zero-order chi connectivity index (χ0) is 12.9. The summed E-state index contributed by atoms with van der Waals surface area (Å²) in [6.45, 7) is 5.92. The minimum absolute atomic E-state index is 1.06. The molecule has 0 unspecified atom stereocenters. The lowest BCUT2D eigenvalue weighted by Crippen LogP contribution is -2.27. The summed E-state index contributed by atoms with van der Waals surface area (Å²) in [6.07, 6.45) is 8.24. The number of hydrogen-bond acceptors (Lipinski definition) is 2. The van der Waals surface area contributed by atoms with Crippen LogP contribution >= 0.6 is 0 Å². The molecule has 0 atom stereocenters. The molecule has 1 fully saturated rings. The van der Waals surface area contributed by atoms with E-state index in [0.717, 1.165) is 19.6 Å². The van der Waals surface area contributed by atoms with Gasteiger partial charge in [0.15, 0.2) is 0 Å². The second-order valence-corrected chi connectivity index (χ2v) is 6.07. The van der Waals surface area contributed by atoms with Crippen LogP contribution in [-0.4, -0.2) is 24.5 Å². The molecule has 1 aromatic rings. The highest BCUT2D eigenvalue weighted by Gasteiger charge is 2.12. The van der Waals surface area contributed by atoms with Gasteiger partial charge in [-0.15, -0.1) is 0 Å². The molecule has 3 rings (SSSR count). The molecular formula is C17H26N2. The average Bonchev–Trinajstić information content (AvgIpc) is 2.41. The second kappa shape index (κ2) is 6.53. The van der Waals surface area contributed by atoms with Crippen molar-refractivity contribution in [3.05, 3.63) is 34.9 Å². The predicted molar refractivity (Wildman–Crippen MR) is 80.2 cm³/mol. The Kier molecular flexibility index (Phi) is 4.52. The molecule has 0 aliphatic carbocycles. The van der Waals surface area contributed by atoms with Crippen LogP contribution < -0.4 is 5.32 Å². The Bertz CT molecular complexity index is 406. The van der Waals surface area contributed by atoms with E-state index < -0.39 is 0 Å². The van der Waals surface area contributed by atoms with E-state index in [9.17, 15) is 0 Å². The fourth-order valence-corrected chi connectivity index (χ4v) is 3.36. The van der Waals surface area contributed by atoms with Crippen LogP contribution in [0.3, 0.4) is 0 Å². The number of fused-ring (bicyclic) bond motifs is 1. The molecule has 2 heterocycles. The fourth-order valence-electron chi connectivity index (χ4n) is 3.36. The molecule has 2 nitrogen and oxygen atoms in total. The van der Waals surface area contributed by atoms with E-state index in [2.05, 4.69) is 28.4 Å². The lowest BCUT2D eigenvalue weighted by Gasteiger charge is -2.25. The van der Waals surface area contributed by atoms with Gasteiger partial charge in [0, 0.05) is 13.1 Å². The molecule has 104 valence electrons. The molecule has 2 heteroatoms. The quantitative estimate of drug-likeness (QED) is 0.877. The maximum absolute atomic E-state index is 3.48. The minimum Gasteiger partial charge on any atom is -0.312 e. The molecule has 19 heavy (non-hydrogen) atoms. The molecule has 0 spiro atoms. The summed E-state index contributed by atoms with van der Waals surface area (Å²) in [6, 6.07) is 7.14.